The Morgan fingerprint density at radius 2 is 2.04 bits per heavy atom. The van der Waals surface area contributed by atoms with Gasteiger partial charge in [-0.05, 0) is 47.1 Å². The summed E-state index contributed by atoms with van der Waals surface area (Å²) in [5, 5.41) is 5.92. The Balaban J connectivity index is 1.47. The summed E-state index contributed by atoms with van der Waals surface area (Å²) in [5.41, 5.74) is 2.12. The number of aromatic nitrogens is 1. The van der Waals surface area contributed by atoms with Gasteiger partial charge in [0.15, 0.2) is 0 Å². The van der Waals surface area contributed by atoms with Crippen LogP contribution in [0.15, 0.2) is 48.0 Å². The van der Waals surface area contributed by atoms with E-state index in [1.54, 1.807) is 17.5 Å². The number of benzene rings is 1. The van der Waals surface area contributed by atoms with Gasteiger partial charge in [0.05, 0.1) is 15.7 Å². The monoisotopic (exact) mass is 404 g/mol. The van der Waals surface area contributed by atoms with Crippen LogP contribution in [0.2, 0.25) is 0 Å². The van der Waals surface area contributed by atoms with Crippen molar-refractivity contribution in [2.24, 2.45) is 0 Å². The van der Waals surface area contributed by atoms with Gasteiger partial charge in [-0.1, -0.05) is 18.2 Å². The van der Waals surface area contributed by atoms with Crippen molar-refractivity contribution in [3.05, 3.63) is 58.4 Å². The number of nitrogens with one attached hydrogen (secondary N) is 1. The van der Waals surface area contributed by atoms with E-state index in [0.29, 0.717) is 9.46 Å². The molecule has 128 valence electrons. The Labute approximate surface area is 163 Å². The fraction of sp³-hybridized carbons (Fsp3) is 0.222. The molecule has 0 radical (unpaired) electrons. The Bertz CT molecular complexity index is 854. The summed E-state index contributed by atoms with van der Waals surface area (Å²) in [4.78, 5) is 18.6. The van der Waals surface area contributed by atoms with Gasteiger partial charge in [-0.2, -0.15) is 0 Å². The van der Waals surface area contributed by atoms with E-state index in [1.807, 2.05) is 53.2 Å². The number of amides is 1. The second kappa shape index (κ2) is 7.95. The lowest BCUT2D eigenvalue weighted by molar-refractivity contribution is 0.103. The van der Waals surface area contributed by atoms with Gasteiger partial charge in [0.1, 0.15) is 9.88 Å². The molecule has 0 atom stereocenters. The predicted molar refractivity (Wildman–Crippen MR) is 112 cm³/mol. The Kier molecular flexibility index (Phi) is 5.45. The summed E-state index contributed by atoms with van der Waals surface area (Å²) < 4.78 is 0.472. The number of carbonyl (C=O) groups excluding carboxylic acids is 1. The van der Waals surface area contributed by atoms with Crippen LogP contribution >= 0.6 is 46.2 Å². The van der Waals surface area contributed by atoms with E-state index in [4.69, 9.17) is 0 Å². The quantitative estimate of drug-likeness (QED) is 0.580. The molecule has 2 aromatic heterocycles. The molecule has 7 heteroatoms. The average molecular weight is 405 g/mol. The van der Waals surface area contributed by atoms with Crippen molar-refractivity contribution < 1.29 is 4.79 Å². The molecule has 3 nitrogen and oxygen atoms in total. The molecule has 0 unspecified atom stereocenters. The van der Waals surface area contributed by atoms with Crippen LogP contribution in [0.5, 0.6) is 0 Å². The molecule has 3 heterocycles. The fourth-order valence-electron chi connectivity index (χ4n) is 2.53. The fourth-order valence-corrected chi connectivity index (χ4v) is 7.02. The van der Waals surface area contributed by atoms with Gasteiger partial charge in [0, 0.05) is 5.69 Å². The zero-order valence-electron chi connectivity index (χ0n) is 13.3. The van der Waals surface area contributed by atoms with Crippen LogP contribution in [0, 0.1) is 0 Å². The second-order valence-corrected chi connectivity index (χ2v) is 10.2. The van der Waals surface area contributed by atoms with Crippen molar-refractivity contribution in [2.75, 3.05) is 16.8 Å². The largest absolute Gasteiger partial charge is 0.321 e. The van der Waals surface area contributed by atoms with Crippen molar-refractivity contribution >= 4 is 57.8 Å². The van der Waals surface area contributed by atoms with Gasteiger partial charge >= 0.3 is 0 Å². The number of anilines is 1. The van der Waals surface area contributed by atoms with Crippen LogP contribution in [0.1, 0.15) is 26.2 Å². The van der Waals surface area contributed by atoms with E-state index in [-0.39, 0.29) is 5.91 Å². The van der Waals surface area contributed by atoms with Gasteiger partial charge < -0.3 is 5.32 Å². The molecule has 3 aromatic rings. The molecule has 1 saturated heterocycles. The summed E-state index contributed by atoms with van der Waals surface area (Å²) in [5.74, 6) is 2.32. The van der Waals surface area contributed by atoms with Crippen molar-refractivity contribution in [1.29, 1.82) is 0 Å². The van der Waals surface area contributed by atoms with Crippen LogP contribution in [-0.4, -0.2) is 22.4 Å². The van der Waals surface area contributed by atoms with Gasteiger partial charge in [0.25, 0.3) is 5.91 Å². The molecule has 1 aliphatic heterocycles. The number of nitrogens with zero attached hydrogens (tertiary/aromatic N) is 1. The first kappa shape index (κ1) is 17.1. The number of rotatable bonds is 4. The lowest BCUT2D eigenvalue weighted by Gasteiger charge is -2.21. The first-order valence-electron chi connectivity index (χ1n) is 7.94. The third-order valence-electron chi connectivity index (χ3n) is 3.71. The normalized spacial score (nSPS) is 15.2. The maximum Gasteiger partial charge on any atom is 0.267 e. The molecule has 0 bridgehead atoms. The van der Waals surface area contributed by atoms with Crippen molar-refractivity contribution in [1.82, 2.24) is 4.98 Å². The molecular weight excluding hydrogens is 388 g/mol. The lowest BCUT2D eigenvalue weighted by atomic mass is 10.2. The molecule has 0 spiro atoms. The summed E-state index contributed by atoms with van der Waals surface area (Å²) in [6.45, 7) is 0. The first-order valence-corrected chi connectivity index (χ1v) is 11.7. The molecule has 1 N–H and O–H groups in total. The third kappa shape index (κ3) is 4.11. The third-order valence-corrected chi connectivity index (χ3v) is 8.76. The molecule has 25 heavy (non-hydrogen) atoms. The Morgan fingerprint density at radius 1 is 1.16 bits per heavy atom. The number of hydrogen-bond acceptors (Lipinski definition) is 6. The van der Waals surface area contributed by atoms with Crippen LogP contribution in [0.4, 0.5) is 5.69 Å². The first-order chi connectivity index (χ1) is 12.3. The lowest BCUT2D eigenvalue weighted by Crippen LogP contribution is -2.10. The number of thiophene rings is 1. The maximum absolute atomic E-state index is 12.5. The maximum atomic E-state index is 12.5. The minimum atomic E-state index is -0.0959. The Hall–Kier alpha value is -1.28. The van der Waals surface area contributed by atoms with Crippen LogP contribution in [0.25, 0.3) is 9.88 Å². The van der Waals surface area contributed by atoms with E-state index in [0.717, 1.165) is 15.6 Å². The molecule has 1 aliphatic rings. The number of hydrogen-bond donors (Lipinski definition) is 1. The van der Waals surface area contributed by atoms with Crippen molar-refractivity contribution in [3.8, 4) is 9.88 Å². The highest BCUT2D eigenvalue weighted by molar-refractivity contribution is 8.16. The van der Waals surface area contributed by atoms with Crippen molar-refractivity contribution in [2.45, 2.75) is 11.0 Å². The highest BCUT2D eigenvalue weighted by Crippen LogP contribution is 2.44. The summed E-state index contributed by atoms with van der Waals surface area (Å²) in [6.07, 6.45) is 2.94. The predicted octanol–water partition coefficient (Wildman–Crippen LogP) is 5.99. The van der Waals surface area contributed by atoms with Crippen LogP contribution in [-0.2, 0) is 0 Å². The van der Waals surface area contributed by atoms with E-state index >= 15 is 0 Å². The molecule has 4 rings (SSSR count). The second-order valence-electron chi connectivity index (χ2n) is 5.51. The SMILES string of the molecule is O=C(Nc1cccc(C2SCCCS2)c1)c1cnc(-c2cccs2)s1. The summed E-state index contributed by atoms with van der Waals surface area (Å²) >= 11 is 7.03. The smallest absolute Gasteiger partial charge is 0.267 e. The van der Waals surface area contributed by atoms with Gasteiger partial charge in [0.2, 0.25) is 0 Å². The summed E-state index contributed by atoms with van der Waals surface area (Å²) in [7, 11) is 0. The molecule has 1 aromatic carbocycles. The highest BCUT2D eigenvalue weighted by Gasteiger charge is 2.18. The molecular formula is C18H16N2OS4. The molecule has 0 aliphatic carbocycles. The van der Waals surface area contributed by atoms with Gasteiger partial charge in [-0.25, -0.2) is 4.98 Å². The minimum Gasteiger partial charge on any atom is -0.321 e. The Morgan fingerprint density at radius 3 is 2.84 bits per heavy atom. The molecule has 1 fully saturated rings. The number of thiazole rings is 1. The number of thioether (sulfide) groups is 2. The van der Waals surface area contributed by atoms with E-state index in [2.05, 4.69) is 22.4 Å². The van der Waals surface area contributed by atoms with E-state index in [1.165, 1.54) is 34.8 Å². The van der Waals surface area contributed by atoms with Gasteiger partial charge in [-0.15, -0.1) is 46.2 Å². The van der Waals surface area contributed by atoms with Crippen LogP contribution < -0.4 is 5.32 Å². The molecule has 0 saturated carbocycles. The topological polar surface area (TPSA) is 42.0 Å². The average Bonchev–Trinajstić information content (AvgIpc) is 3.34. The zero-order chi connectivity index (χ0) is 17.1. The van der Waals surface area contributed by atoms with Crippen LogP contribution in [0.3, 0.4) is 0 Å². The highest BCUT2D eigenvalue weighted by atomic mass is 32.2. The minimum absolute atomic E-state index is 0.0959. The zero-order valence-corrected chi connectivity index (χ0v) is 16.6. The molecule has 1 amide bonds. The standard InChI is InChI=1S/C18H16N2OS4/c21-16(15-11-19-17(25-15)14-6-2-7-22-14)20-13-5-1-4-12(10-13)18-23-8-3-9-24-18/h1-2,4-7,10-11,18H,3,8-9H2,(H,20,21). The van der Waals surface area contributed by atoms with Gasteiger partial charge in [-0.3, -0.25) is 4.79 Å². The van der Waals surface area contributed by atoms with Crippen molar-refractivity contribution in [3.63, 3.8) is 0 Å². The van der Waals surface area contributed by atoms with E-state index in [9.17, 15) is 4.79 Å². The number of carbonyl (C=O) groups is 1. The summed E-state index contributed by atoms with van der Waals surface area (Å²) in [6, 6.07) is 12.2. The van der Waals surface area contributed by atoms with E-state index < -0.39 is 0 Å².